The first kappa shape index (κ1) is 18.3. The number of benzene rings is 1. The van der Waals surface area contributed by atoms with Crippen molar-refractivity contribution in [3.05, 3.63) is 29.7 Å². The number of nitrogens with zero attached hydrogens (tertiary/aromatic N) is 1. The van der Waals surface area contributed by atoms with E-state index in [1.807, 2.05) is 20.1 Å². The molecule has 0 saturated heterocycles. The largest absolute Gasteiger partial charge is 0.467 e. The third-order valence-corrected chi connectivity index (χ3v) is 4.21. The van der Waals surface area contributed by atoms with Crippen LogP contribution >= 0.6 is 11.8 Å². The molecule has 1 aromatic carbocycles. The molecule has 0 spiro atoms. The van der Waals surface area contributed by atoms with Crippen LogP contribution in [0.1, 0.15) is 42.4 Å². The number of rotatable bonds is 7. The summed E-state index contributed by atoms with van der Waals surface area (Å²) in [4.78, 5) is 28.6. The maximum atomic E-state index is 12.4. The molecule has 0 fully saturated rings. The van der Waals surface area contributed by atoms with Crippen LogP contribution in [0.25, 0.3) is 11.1 Å². The molecule has 2 rings (SSSR count). The smallest absolute Gasteiger partial charge is 0.328 e. The van der Waals surface area contributed by atoms with Crippen LogP contribution < -0.4 is 5.32 Å². The summed E-state index contributed by atoms with van der Waals surface area (Å²) in [6.45, 7) is 3.98. The zero-order chi connectivity index (χ0) is 17.7. The number of oxazole rings is 1. The summed E-state index contributed by atoms with van der Waals surface area (Å²) in [5.41, 5.74) is 1.70. The number of hydrogen-bond donors (Lipinski definition) is 1. The summed E-state index contributed by atoms with van der Waals surface area (Å²) in [7, 11) is 1.31. The van der Waals surface area contributed by atoms with Crippen molar-refractivity contribution in [2.24, 2.45) is 0 Å². The second-order valence-corrected chi connectivity index (χ2v) is 6.71. The van der Waals surface area contributed by atoms with Crippen molar-refractivity contribution in [3.8, 4) is 0 Å². The van der Waals surface area contributed by atoms with Gasteiger partial charge in [0.1, 0.15) is 11.6 Å². The van der Waals surface area contributed by atoms with E-state index in [2.05, 4.69) is 10.3 Å². The third-order valence-electron chi connectivity index (χ3n) is 3.56. The monoisotopic (exact) mass is 350 g/mol. The number of nitrogens with one attached hydrogen (secondary N) is 1. The molecule has 0 aliphatic heterocycles. The summed E-state index contributed by atoms with van der Waals surface area (Å²) in [6.07, 6.45) is 2.46. The summed E-state index contributed by atoms with van der Waals surface area (Å²) in [5.74, 6) is 0.782. The van der Waals surface area contributed by atoms with Crippen molar-refractivity contribution in [2.45, 2.75) is 32.2 Å². The van der Waals surface area contributed by atoms with Gasteiger partial charge in [0.15, 0.2) is 11.5 Å². The highest BCUT2D eigenvalue weighted by molar-refractivity contribution is 7.98. The van der Waals surface area contributed by atoms with Crippen molar-refractivity contribution in [3.63, 3.8) is 0 Å². The van der Waals surface area contributed by atoms with Crippen LogP contribution in [-0.4, -0.2) is 42.0 Å². The summed E-state index contributed by atoms with van der Waals surface area (Å²) < 4.78 is 10.4. The molecule has 24 heavy (non-hydrogen) atoms. The molecule has 1 heterocycles. The predicted octanol–water partition coefficient (Wildman–Crippen LogP) is 2.98. The predicted molar refractivity (Wildman–Crippen MR) is 94.4 cm³/mol. The van der Waals surface area contributed by atoms with E-state index in [0.717, 1.165) is 5.75 Å². The van der Waals surface area contributed by atoms with Gasteiger partial charge in [0.2, 0.25) is 0 Å². The van der Waals surface area contributed by atoms with Crippen LogP contribution in [-0.2, 0) is 9.53 Å². The van der Waals surface area contributed by atoms with Gasteiger partial charge in [-0.1, -0.05) is 13.8 Å². The molecule has 7 heteroatoms. The lowest BCUT2D eigenvalue weighted by atomic mass is 10.1. The Hall–Kier alpha value is -2.02. The molecule has 0 unspecified atom stereocenters. The Morgan fingerprint density at radius 3 is 2.75 bits per heavy atom. The lowest BCUT2D eigenvalue weighted by molar-refractivity contribution is -0.142. The third kappa shape index (κ3) is 4.29. The number of fused-ring (bicyclic) bond motifs is 1. The van der Waals surface area contributed by atoms with Gasteiger partial charge in [-0.15, -0.1) is 0 Å². The van der Waals surface area contributed by atoms with Gasteiger partial charge in [-0.05, 0) is 36.6 Å². The van der Waals surface area contributed by atoms with Crippen molar-refractivity contribution >= 4 is 34.7 Å². The second-order valence-electron chi connectivity index (χ2n) is 5.72. The van der Waals surface area contributed by atoms with Gasteiger partial charge in [0.25, 0.3) is 5.91 Å². The van der Waals surface area contributed by atoms with Gasteiger partial charge < -0.3 is 14.5 Å². The molecular weight excluding hydrogens is 328 g/mol. The molecule has 0 radical (unpaired) electrons. The molecule has 130 valence electrons. The molecule has 1 atom stereocenters. The van der Waals surface area contributed by atoms with E-state index in [1.165, 1.54) is 7.11 Å². The minimum atomic E-state index is -0.658. The van der Waals surface area contributed by atoms with Gasteiger partial charge in [0, 0.05) is 11.5 Å². The molecule has 0 bridgehead atoms. The minimum Gasteiger partial charge on any atom is -0.467 e. The zero-order valence-electron chi connectivity index (χ0n) is 14.3. The first-order valence-electron chi connectivity index (χ1n) is 7.74. The van der Waals surface area contributed by atoms with Gasteiger partial charge in [-0.2, -0.15) is 11.8 Å². The van der Waals surface area contributed by atoms with E-state index >= 15 is 0 Å². The topological polar surface area (TPSA) is 81.4 Å². The standard InChI is InChI=1S/C17H22N2O4S/c1-10(2)16-19-13-9-11(5-6-14(13)23-16)15(20)18-12(7-8-24-4)17(21)22-3/h5-6,9-10,12H,7-8H2,1-4H3,(H,18,20)/t12-/m0/s1. The number of amides is 1. The zero-order valence-corrected chi connectivity index (χ0v) is 15.1. The number of thioether (sulfide) groups is 1. The van der Waals surface area contributed by atoms with Crippen LogP contribution in [0.5, 0.6) is 0 Å². The highest BCUT2D eigenvalue weighted by Crippen LogP contribution is 2.22. The van der Waals surface area contributed by atoms with Crippen LogP contribution in [0.2, 0.25) is 0 Å². The van der Waals surface area contributed by atoms with Crippen LogP contribution in [0.4, 0.5) is 0 Å². The molecule has 0 saturated carbocycles. The number of carbonyl (C=O) groups is 2. The fourth-order valence-corrected chi connectivity index (χ4v) is 2.67. The summed E-state index contributed by atoms with van der Waals surface area (Å²) >= 11 is 1.61. The average molecular weight is 350 g/mol. The first-order valence-corrected chi connectivity index (χ1v) is 9.13. The number of methoxy groups -OCH3 is 1. The number of ether oxygens (including phenoxy) is 1. The van der Waals surface area contributed by atoms with Crippen LogP contribution in [0, 0.1) is 0 Å². The summed E-state index contributed by atoms with van der Waals surface area (Å²) in [6, 6.07) is 4.39. The highest BCUT2D eigenvalue weighted by Gasteiger charge is 2.22. The lowest BCUT2D eigenvalue weighted by Crippen LogP contribution is -2.41. The number of aromatic nitrogens is 1. The summed E-state index contributed by atoms with van der Waals surface area (Å²) in [5, 5.41) is 2.73. The quantitative estimate of drug-likeness (QED) is 0.773. The first-order chi connectivity index (χ1) is 11.5. The van der Waals surface area contributed by atoms with Gasteiger partial charge >= 0.3 is 5.97 Å². The van der Waals surface area contributed by atoms with E-state index in [-0.39, 0.29) is 11.8 Å². The molecule has 0 aliphatic carbocycles. The fourth-order valence-electron chi connectivity index (χ4n) is 2.20. The normalized spacial score (nSPS) is 12.4. The second kappa shape index (κ2) is 8.19. The highest BCUT2D eigenvalue weighted by atomic mass is 32.2. The van der Waals surface area contributed by atoms with Gasteiger partial charge in [-0.25, -0.2) is 9.78 Å². The Bertz CT molecular complexity index is 726. The van der Waals surface area contributed by atoms with Crippen molar-refractivity contribution in [1.29, 1.82) is 0 Å². The molecule has 2 aromatic rings. The van der Waals surface area contributed by atoms with Crippen LogP contribution in [0.15, 0.2) is 22.6 Å². The Morgan fingerprint density at radius 2 is 2.12 bits per heavy atom. The van der Waals surface area contributed by atoms with Gasteiger partial charge in [-0.3, -0.25) is 4.79 Å². The Balaban J connectivity index is 2.18. The Morgan fingerprint density at radius 1 is 1.38 bits per heavy atom. The van der Waals surface area contributed by atoms with E-state index in [1.54, 1.807) is 30.0 Å². The van der Waals surface area contributed by atoms with Crippen molar-refractivity contribution in [2.75, 3.05) is 19.1 Å². The minimum absolute atomic E-state index is 0.171. The van der Waals surface area contributed by atoms with E-state index in [0.29, 0.717) is 29.0 Å². The van der Waals surface area contributed by atoms with E-state index in [9.17, 15) is 9.59 Å². The van der Waals surface area contributed by atoms with E-state index in [4.69, 9.17) is 9.15 Å². The maximum absolute atomic E-state index is 12.4. The molecule has 0 aliphatic rings. The fraction of sp³-hybridized carbons (Fsp3) is 0.471. The SMILES string of the molecule is COC(=O)[C@H](CCSC)NC(=O)c1ccc2oc(C(C)C)nc2c1. The maximum Gasteiger partial charge on any atom is 0.328 e. The van der Waals surface area contributed by atoms with Gasteiger partial charge in [0.05, 0.1) is 7.11 Å². The van der Waals surface area contributed by atoms with Crippen LogP contribution in [0.3, 0.4) is 0 Å². The van der Waals surface area contributed by atoms with Crippen molar-refractivity contribution in [1.82, 2.24) is 10.3 Å². The Labute approximate surface area is 145 Å². The molecule has 1 aromatic heterocycles. The molecule has 1 N–H and O–H groups in total. The van der Waals surface area contributed by atoms with E-state index < -0.39 is 12.0 Å². The average Bonchev–Trinajstić information content (AvgIpc) is 3.01. The van der Waals surface area contributed by atoms with Crippen molar-refractivity contribution < 1.29 is 18.7 Å². The lowest BCUT2D eigenvalue weighted by Gasteiger charge is -2.15. The molecular formula is C17H22N2O4S. The Kier molecular flexibility index (Phi) is 6.25. The number of hydrogen-bond acceptors (Lipinski definition) is 6. The number of esters is 1. The molecule has 1 amide bonds. The molecule has 6 nitrogen and oxygen atoms in total. The number of carbonyl (C=O) groups excluding carboxylic acids is 2.